The van der Waals surface area contributed by atoms with Crippen LogP contribution in [0.5, 0.6) is 0 Å². The molecular weight excluding hydrogens is 254 g/mol. The molecule has 0 spiro atoms. The number of allylic oxidation sites excluding steroid dienone is 1. The molecule has 1 aliphatic rings. The molecule has 2 rings (SSSR count). The van der Waals surface area contributed by atoms with E-state index in [0.29, 0.717) is 17.7 Å². The Bertz CT molecular complexity index is 561. The minimum Gasteiger partial charge on any atom is -0.478 e. The molecule has 0 saturated heterocycles. The Balaban J connectivity index is 2.06. The van der Waals surface area contributed by atoms with Crippen LogP contribution in [0.2, 0.25) is 0 Å². The predicted octanol–water partition coefficient (Wildman–Crippen LogP) is 3.52. The van der Waals surface area contributed by atoms with E-state index in [1.165, 1.54) is 18.1 Å². The van der Waals surface area contributed by atoms with Crippen molar-refractivity contribution in [2.24, 2.45) is 0 Å². The van der Waals surface area contributed by atoms with Crippen LogP contribution in [-0.4, -0.2) is 17.0 Å². The van der Waals surface area contributed by atoms with Gasteiger partial charge < -0.3 is 10.4 Å². The first kappa shape index (κ1) is 14.3. The van der Waals surface area contributed by atoms with Crippen LogP contribution in [0.4, 0.5) is 5.69 Å². The number of benzene rings is 1. The predicted molar refractivity (Wildman–Crippen MR) is 77.9 cm³/mol. The van der Waals surface area contributed by atoms with E-state index in [9.17, 15) is 9.59 Å². The maximum atomic E-state index is 12.0. The lowest BCUT2D eigenvalue weighted by atomic mass is 9.97. The lowest BCUT2D eigenvalue weighted by molar-refractivity contribution is -0.115. The second kappa shape index (κ2) is 6.37. The van der Waals surface area contributed by atoms with Gasteiger partial charge in [-0.25, -0.2) is 4.79 Å². The maximum absolute atomic E-state index is 12.0. The lowest BCUT2D eigenvalue weighted by Crippen LogP contribution is -2.15. The molecule has 1 aliphatic carbocycles. The van der Waals surface area contributed by atoms with Crippen molar-refractivity contribution in [3.05, 3.63) is 41.0 Å². The minimum atomic E-state index is -0.978. The van der Waals surface area contributed by atoms with E-state index in [0.717, 1.165) is 19.3 Å². The number of carboxylic acids is 1. The molecule has 0 aromatic heterocycles. The third kappa shape index (κ3) is 3.47. The Kier molecular flexibility index (Phi) is 4.56. The highest BCUT2D eigenvalue weighted by molar-refractivity contribution is 5.96. The van der Waals surface area contributed by atoms with Crippen LogP contribution in [0.3, 0.4) is 0 Å². The fourth-order valence-electron chi connectivity index (χ4n) is 2.47. The standard InChI is InChI=1S/C16H19NO3/c1-11-13(16(19)20)8-5-9-14(11)17-15(18)10-12-6-3-2-4-7-12/h5-6,8-9H,2-4,7,10H2,1H3,(H,17,18)(H,19,20). The van der Waals surface area contributed by atoms with Crippen molar-refractivity contribution >= 4 is 17.6 Å². The summed E-state index contributed by atoms with van der Waals surface area (Å²) in [4.78, 5) is 23.1. The number of hydrogen-bond acceptors (Lipinski definition) is 2. The SMILES string of the molecule is Cc1c(NC(=O)CC2=CCCCC2)cccc1C(=O)O. The van der Waals surface area contributed by atoms with Gasteiger partial charge in [0.1, 0.15) is 0 Å². The van der Waals surface area contributed by atoms with Gasteiger partial charge in [-0.3, -0.25) is 4.79 Å². The molecule has 0 heterocycles. The van der Waals surface area contributed by atoms with Crippen molar-refractivity contribution in [2.45, 2.75) is 39.0 Å². The number of aromatic carboxylic acids is 1. The molecule has 20 heavy (non-hydrogen) atoms. The Morgan fingerprint density at radius 2 is 2.10 bits per heavy atom. The van der Waals surface area contributed by atoms with Gasteiger partial charge in [-0.2, -0.15) is 0 Å². The van der Waals surface area contributed by atoms with E-state index < -0.39 is 5.97 Å². The number of nitrogens with one attached hydrogen (secondary N) is 1. The summed E-state index contributed by atoms with van der Waals surface area (Å²) in [5.41, 5.74) is 2.57. The Morgan fingerprint density at radius 3 is 2.75 bits per heavy atom. The summed E-state index contributed by atoms with van der Waals surface area (Å²) in [6.07, 6.45) is 6.93. The summed E-state index contributed by atoms with van der Waals surface area (Å²) in [6.45, 7) is 1.71. The summed E-state index contributed by atoms with van der Waals surface area (Å²) in [6, 6.07) is 4.91. The number of rotatable bonds is 4. The van der Waals surface area contributed by atoms with Gasteiger partial charge in [0, 0.05) is 12.1 Å². The van der Waals surface area contributed by atoms with Crippen LogP contribution >= 0.6 is 0 Å². The summed E-state index contributed by atoms with van der Waals surface area (Å²) in [5, 5.41) is 11.9. The minimum absolute atomic E-state index is 0.0798. The maximum Gasteiger partial charge on any atom is 0.336 e. The van der Waals surface area contributed by atoms with Gasteiger partial charge in [-0.1, -0.05) is 17.7 Å². The van der Waals surface area contributed by atoms with Crippen molar-refractivity contribution in [2.75, 3.05) is 5.32 Å². The topological polar surface area (TPSA) is 66.4 Å². The van der Waals surface area contributed by atoms with Gasteiger partial charge in [0.25, 0.3) is 0 Å². The van der Waals surface area contributed by atoms with Gasteiger partial charge in [0.05, 0.1) is 5.56 Å². The molecule has 0 unspecified atom stereocenters. The quantitative estimate of drug-likeness (QED) is 0.825. The summed E-state index contributed by atoms with van der Waals surface area (Å²) in [5.74, 6) is -1.06. The Labute approximate surface area is 118 Å². The largest absolute Gasteiger partial charge is 0.478 e. The van der Waals surface area contributed by atoms with Gasteiger partial charge >= 0.3 is 5.97 Å². The number of carbonyl (C=O) groups is 2. The fraction of sp³-hybridized carbons (Fsp3) is 0.375. The molecule has 0 atom stereocenters. The summed E-state index contributed by atoms with van der Waals surface area (Å²) >= 11 is 0. The number of carboxylic acid groups (broad SMARTS) is 1. The van der Waals surface area contributed by atoms with Crippen LogP contribution in [0.1, 0.15) is 48.0 Å². The van der Waals surface area contributed by atoms with E-state index in [-0.39, 0.29) is 11.5 Å². The van der Waals surface area contributed by atoms with Gasteiger partial charge in [0.2, 0.25) is 5.91 Å². The normalized spacial score (nSPS) is 14.6. The molecular formula is C16H19NO3. The Hall–Kier alpha value is -2.10. The second-order valence-corrected chi connectivity index (χ2v) is 5.12. The monoisotopic (exact) mass is 273 g/mol. The van der Waals surface area contributed by atoms with E-state index in [1.54, 1.807) is 19.1 Å². The second-order valence-electron chi connectivity index (χ2n) is 5.12. The summed E-state index contributed by atoms with van der Waals surface area (Å²) < 4.78 is 0. The molecule has 1 amide bonds. The van der Waals surface area contributed by atoms with E-state index >= 15 is 0 Å². The van der Waals surface area contributed by atoms with E-state index in [4.69, 9.17) is 5.11 Å². The average molecular weight is 273 g/mol. The van der Waals surface area contributed by atoms with Gasteiger partial charge in [0.15, 0.2) is 0 Å². The highest BCUT2D eigenvalue weighted by Crippen LogP contribution is 2.22. The molecule has 0 bridgehead atoms. The molecule has 0 radical (unpaired) electrons. The number of amides is 1. The molecule has 1 aromatic rings. The van der Waals surface area contributed by atoms with E-state index in [2.05, 4.69) is 11.4 Å². The highest BCUT2D eigenvalue weighted by atomic mass is 16.4. The van der Waals surface area contributed by atoms with Crippen LogP contribution < -0.4 is 5.32 Å². The third-order valence-corrected chi connectivity index (χ3v) is 3.61. The Morgan fingerprint density at radius 1 is 1.30 bits per heavy atom. The average Bonchev–Trinajstić information content (AvgIpc) is 2.42. The molecule has 0 saturated carbocycles. The van der Waals surface area contributed by atoms with Crippen LogP contribution in [-0.2, 0) is 4.79 Å². The number of anilines is 1. The molecule has 0 fully saturated rings. The molecule has 1 aromatic carbocycles. The van der Waals surface area contributed by atoms with Crippen LogP contribution in [0.15, 0.2) is 29.8 Å². The first-order valence-corrected chi connectivity index (χ1v) is 6.88. The molecule has 4 heteroatoms. The van der Waals surface area contributed by atoms with Crippen molar-refractivity contribution in [3.63, 3.8) is 0 Å². The van der Waals surface area contributed by atoms with Gasteiger partial charge in [-0.05, 0) is 50.3 Å². The molecule has 0 aliphatic heterocycles. The zero-order valence-electron chi connectivity index (χ0n) is 11.6. The van der Waals surface area contributed by atoms with Crippen LogP contribution in [0.25, 0.3) is 0 Å². The fourth-order valence-corrected chi connectivity index (χ4v) is 2.47. The lowest BCUT2D eigenvalue weighted by Gasteiger charge is -2.14. The van der Waals surface area contributed by atoms with Crippen molar-refractivity contribution in [1.82, 2.24) is 0 Å². The highest BCUT2D eigenvalue weighted by Gasteiger charge is 2.13. The van der Waals surface area contributed by atoms with Crippen molar-refractivity contribution < 1.29 is 14.7 Å². The van der Waals surface area contributed by atoms with Crippen LogP contribution in [0, 0.1) is 6.92 Å². The first-order chi connectivity index (χ1) is 9.58. The first-order valence-electron chi connectivity index (χ1n) is 6.88. The number of hydrogen-bond donors (Lipinski definition) is 2. The number of carbonyl (C=O) groups excluding carboxylic acids is 1. The molecule has 2 N–H and O–H groups in total. The zero-order valence-corrected chi connectivity index (χ0v) is 11.6. The summed E-state index contributed by atoms with van der Waals surface area (Å²) in [7, 11) is 0. The van der Waals surface area contributed by atoms with Crippen molar-refractivity contribution in [1.29, 1.82) is 0 Å². The zero-order chi connectivity index (χ0) is 14.5. The third-order valence-electron chi connectivity index (χ3n) is 3.61. The van der Waals surface area contributed by atoms with E-state index in [1.807, 2.05) is 0 Å². The smallest absolute Gasteiger partial charge is 0.336 e. The van der Waals surface area contributed by atoms with Crippen molar-refractivity contribution in [3.8, 4) is 0 Å². The molecule has 4 nitrogen and oxygen atoms in total. The molecule has 106 valence electrons. The van der Waals surface area contributed by atoms with Gasteiger partial charge in [-0.15, -0.1) is 0 Å².